The Morgan fingerprint density at radius 3 is 1.13 bits per heavy atom. The zero-order valence-corrected chi connectivity index (χ0v) is 29.8. The number of nitrogens with zero attached hydrogens (tertiary/aromatic N) is 1. The lowest BCUT2D eigenvalue weighted by Crippen LogP contribution is -2.25. The van der Waals surface area contributed by atoms with Crippen LogP contribution in [0.4, 0.5) is 45.5 Å². The first-order valence-electron chi connectivity index (χ1n) is 17.2. The number of hydrogen-bond acceptors (Lipinski definition) is 5. The zero-order chi connectivity index (χ0) is 33.4. The van der Waals surface area contributed by atoms with Crippen molar-refractivity contribution in [2.45, 2.75) is 100 Å². The predicted octanol–water partition coefficient (Wildman–Crippen LogP) is 12.0. The van der Waals surface area contributed by atoms with Crippen LogP contribution in [0.25, 0.3) is 0 Å². The van der Waals surface area contributed by atoms with E-state index in [-0.39, 0.29) is 0 Å². The lowest BCUT2D eigenvalue weighted by Gasteiger charge is -2.29. The second kappa shape index (κ2) is 15.9. The third-order valence-electron chi connectivity index (χ3n) is 8.29. The van der Waals surface area contributed by atoms with Gasteiger partial charge in [-0.3, -0.25) is 0 Å². The molecule has 0 amide bonds. The molecule has 0 radical (unpaired) electrons. The van der Waals surface area contributed by atoms with Gasteiger partial charge in [0.25, 0.3) is 0 Å². The van der Waals surface area contributed by atoms with Crippen LogP contribution in [-0.4, -0.2) is 18.1 Å². The summed E-state index contributed by atoms with van der Waals surface area (Å²) in [5, 5.41) is 14.5. The minimum Gasteiger partial charge on any atom is -0.382 e. The molecule has 0 saturated carbocycles. The molecule has 5 heteroatoms. The molecule has 2 unspecified atom stereocenters. The van der Waals surface area contributed by atoms with Gasteiger partial charge in [-0.2, -0.15) is 0 Å². The van der Waals surface area contributed by atoms with Crippen molar-refractivity contribution in [2.24, 2.45) is 11.8 Å². The van der Waals surface area contributed by atoms with Gasteiger partial charge in [0.15, 0.2) is 0 Å². The summed E-state index contributed by atoms with van der Waals surface area (Å²) in [5.74, 6) is 1.36. The summed E-state index contributed by atoms with van der Waals surface area (Å²) in [6, 6.07) is 31.8. The first-order chi connectivity index (χ1) is 21.9. The second-order valence-electron chi connectivity index (χ2n) is 14.2. The SMILES string of the molecule is Cc1cc(Nc2ccc(N(c3ccc(Nc4ccc(NC(C)CC(C)C)c(C)c4)cc3)C(C)C)cc2)ccc1NC(C)CC(C)C. The predicted molar refractivity (Wildman–Crippen MR) is 204 cm³/mol. The standard InChI is InChI=1S/C41H57N5/c1-27(2)23-32(9)42-40-21-15-36(25-30(40)7)44-34-11-17-38(18-12-34)46(29(5)6)39-19-13-35(14-20-39)45-37-16-22-41(31(8)26-37)43-33(10)24-28(3)4/h11-22,25-29,32-33,42-45H,23-24H2,1-10H3. The summed E-state index contributed by atoms with van der Waals surface area (Å²) in [4.78, 5) is 2.37. The first kappa shape index (κ1) is 34.7. The molecule has 4 aromatic carbocycles. The van der Waals surface area contributed by atoms with Crippen LogP contribution in [0.2, 0.25) is 0 Å². The fraction of sp³-hybridized carbons (Fsp3) is 0.415. The van der Waals surface area contributed by atoms with Gasteiger partial charge in [-0.05, 0) is 162 Å². The molecule has 0 aliphatic carbocycles. The fourth-order valence-corrected chi connectivity index (χ4v) is 6.36. The van der Waals surface area contributed by atoms with Gasteiger partial charge in [0.05, 0.1) is 0 Å². The molecule has 0 aliphatic heterocycles. The molecular formula is C41H57N5. The largest absolute Gasteiger partial charge is 0.382 e. The highest BCUT2D eigenvalue weighted by Gasteiger charge is 2.14. The summed E-state index contributed by atoms with van der Waals surface area (Å²) in [6.07, 6.45) is 2.32. The summed E-state index contributed by atoms with van der Waals surface area (Å²) in [7, 11) is 0. The summed E-state index contributed by atoms with van der Waals surface area (Å²) in [5.41, 5.74) is 11.6. The van der Waals surface area contributed by atoms with E-state index in [0.717, 1.165) is 35.6 Å². The summed E-state index contributed by atoms with van der Waals surface area (Å²) >= 11 is 0. The Labute approximate surface area is 279 Å². The molecule has 0 saturated heterocycles. The van der Waals surface area contributed by atoms with Crippen molar-refractivity contribution in [1.29, 1.82) is 0 Å². The summed E-state index contributed by atoms with van der Waals surface area (Å²) in [6.45, 7) is 22.4. The van der Waals surface area contributed by atoms with Crippen LogP contribution in [0.1, 0.15) is 79.4 Å². The van der Waals surface area contributed by atoms with Gasteiger partial charge in [-0.1, -0.05) is 27.7 Å². The second-order valence-corrected chi connectivity index (χ2v) is 14.2. The Balaban J connectivity index is 1.39. The molecule has 2 atom stereocenters. The fourth-order valence-electron chi connectivity index (χ4n) is 6.36. The maximum atomic E-state index is 3.67. The van der Waals surface area contributed by atoms with E-state index in [9.17, 15) is 0 Å². The molecule has 4 rings (SSSR count). The van der Waals surface area contributed by atoms with Crippen molar-refractivity contribution >= 4 is 45.5 Å². The van der Waals surface area contributed by atoms with Crippen LogP contribution in [-0.2, 0) is 0 Å². The van der Waals surface area contributed by atoms with E-state index in [1.165, 1.54) is 33.9 Å². The number of benzene rings is 4. The Morgan fingerprint density at radius 1 is 0.478 bits per heavy atom. The Morgan fingerprint density at radius 2 is 0.826 bits per heavy atom. The van der Waals surface area contributed by atoms with E-state index in [0.29, 0.717) is 30.0 Å². The number of aryl methyl sites for hydroxylation is 2. The molecule has 0 spiro atoms. The van der Waals surface area contributed by atoms with Crippen LogP contribution in [0.15, 0.2) is 84.9 Å². The van der Waals surface area contributed by atoms with Crippen molar-refractivity contribution in [3.05, 3.63) is 96.1 Å². The van der Waals surface area contributed by atoms with Crippen LogP contribution < -0.4 is 26.2 Å². The molecule has 0 bridgehead atoms. The Bertz CT molecular complexity index is 1410. The number of hydrogen-bond donors (Lipinski definition) is 4. The quantitative estimate of drug-likeness (QED) is 0.107. The smallest absolute Gasteiger partial charge is 0.0414 e. The van der Waals surface area contributed by atoms with Crippen molar-refractivity contribution in [2.75, 3.05) is 26.2 Å². The third-order valence-corrected chi connectivity index (χ3v) is 8.29. The van der Waals surface area contributed by atoms with Crippen molar-refractivity contribution in [3.8, 4) is 0 Å². The average molecular weight is 620 g/mol. The van der Waals surface area contributed by atoms with Gasteiger partial charge in [0.2, 0.25) is 0 Å². The lowest BCUT2D eigenvalue weighted by atomic mass is 10.0. The van der Waals surface area contributed by atoms with Gasteiger partial charge in [0, 0.05) is 63.6 Å². The van der Waals surface area contributed by atoms with Crippen molar-refractivity contribution in [1.82, 2.24) is 0 Å². The van der Waals surface area contributed by atoms with E-state index in [1.807, 2.05) is 0 Å². The van der Waals surface area contributed by atoms with E-state index in [4.69, 9.17) is 0 Å². The van der Waals surface area contributed by atoms with Crippen LogP contribution in [0.5, 0.6) is 0 Å². The van der Waals surface area contributed by atoms with Gasteiger partial charge in [0.1, 0.15) is 0 Å². The maximum absolute atomic E-state index is 3.67. The zero-order valence-electron chi connectivity index (χ0n) is 29.8. The van der Waals surface area contributed by atoms with E-state index < -0.39 is 0 Å². The normalized spacial score (nSPS) is 12.7. The highest BCUT2D eigenvalue weighted by Crippen LogP contribution is 2.32. The third kappa shape index (κ3) is 9.94. The highest BCUT2D eigenvalue weighted by molar-refractivity contribution is 5.72. The van der Waals surface area contributed by atoms with E-state index in [1.54, 1.807) is 0 Å². The van der Waals surface area contributed by atoms with E-state index >= 15 is 0 Å². The molecule has 0 heterocycles. The maximum Gasteiger partial charge on any atom is 0.0414 e. The molecule has 4 aromatic rings. The Hall–Kier alpha value is -4.12. The number of nitrogens with one attached hydrogen (secondary N) is 4. The minimum atomic E-state index is 0.305. The van der Waals surface area contributed by atoms with Gasteiger partial charge in [-0.25, -0.2) is 0 Å². The minimum absolute atomic E-state index is 0.305. The van der Waals surface area contributed by atoms with Gasteiger partial charge in [-0.15, -0.1) is 0 Å². The molecule has 0 fully saturated rings. The molecule has 0 aliphatic rings. The number of rotatable bonds is 15. The average Bonchev–Trinajstić information content (AvgIpc) is 2.97. The molecule has 4 N–H and O–H groups in total. The highest BCUT2D eigenvalue weighted by atomic mass is 15.2. The van der Waals surface area contributed by atoms with Crippen molar-refractivity contribution in [3.63, 3.8) is 0 Å². The van der Waals surface area contributed by atoms with Gasteiger partial charge >= 0.3 is 0 Å². The van der Waals surface area contributed by atoms with Crippen LogP contribution in [0, 0.1) is 25.7 Å². The molecular weight excluding hydrogens is 562 g/mol. The topological polar surface area (TPSA) is 51.4 Å². The van der Waals surface area contributed by atoms with E-state index in [2.05, 4.69) is 180 Å². The molecule has 0 aromatic heterocycles. The first-order valence-corrected chi connectivity index (χ1v) is 17.2. The molecule has 46 heavy (non-hydrogen) atoms. The molecule has 246 valence electrons. The van der Waals surface area contributed by atoms with Crippen LogP contribution in [0.3, 0.4) is 0 Å². The van der Waals surface area contributed by atoms with Crippen molar-refractivity contribution < 1.29 is 0 Å². The molecule has 5 nitrogen and oxygen atoms in total. The van der Waals surface area contributed by atoms with Crippen LogP contribution >= 0.6 is 0 Å². The lowest BCUT2D eigenvalue weighted by molar-refractivity contribution is 0.539. The Kier molecular flexibility index (Phi) is 12.0. The summed E-state index contributed by atoms with van der Waals surface area (Å²) < 4.78 is 0. The number of anilines is 8. The monoisotopic (exact) mass is 619 g/mol. The van der Waals surface area contributed by atoms with Gasteiger partial charge < -0.3 is 26.2 Å².